The fourth-order valence-corrected chi connectivity index (χ4v) is 4.26. The van der Waals surface area contributed by atoms with Gasteiger partial charge in [0.05, 0.1) is 0 Å². The van der Waals surface area contributed by atoms with E-state index in [1.54, 1.807) is 6.92 Å². The van der Waals surface area contributed by atoms with Crippen molar-refractivity contribution in [2.75, 3.05) is 4.90 Å². The molecule has 17 heavy (non-hydrogen) atoms. The van der Waals surface area contributed by atoms with Crippen LogP contribution in [0.3, 0.4) is 0 Å². The molecule has 3 rings (SSSR count). The number of fused-ring (bicyclic) bond motifs is 2. The van der Waals surface area contributed by atoms with Crippen LogP contribution in [0, 0.1) is 0 Å². The number of amides is 1. The van der Waals surface area contributed by atoms with Crippen LogP contribution in [0.1, 0.15) is 6.92 Å². The Balaban J connectivity index is 2.24. The third kappa shape index (κ3) is 1.68. The molecular weight excluding hydrogens is 277 g/mol. The van der Waals surface area contributed by atoms with Crippen molar-refractivity contribution in [2.24, 2.45) is 0 Å². The van der Waals surface area contributed by atoms with Crippen LogP contribution in [0.15, 0.2) is 48.5 Å². The number of para-hydroxylation sites is 2. The molecule has 0 atom stereocenters. The van der Waals surface area contributed by atoms with Gasteiger partial charge in [0.1, 0.15) is 0 Å². The van der Waals surface area contributed by atoms with E-state index in [9.17, 15) is 4.79 Å². The molecule has 0 bridgehead atoms. The van der Waals surface area contributed by atoms with Crippen LogP contribution >= 0.6 is 0 Å². The molecule has 0 fully saturated rings. The summed E-state index contributed by atoms with van der Waals surface area (Å²) in [6.07, 6.45) is 0. The van der Waals surface area contributed by atoms with Crippen molar-refractivity contribution in [2.45, 2.75) is 6.92 Å². The Kier molecular flexibility index (Phi) is 2.50. The van der Waals surface area contributed by atoms with Gasteiger partial charge in [0.15, 0.2) is 0 Å². The molecule has 0 saturated carbocycles. The monoisotopic (exact) mass is 289 g/mol. The molecule has 0 aliphatic carbocycles. The minimum atomic E-state index is 0.0698. The number of anilines is 2. The molecule has 2 nitrogen and oxygen atoms in total. The maximum atomic E-state index is 11.9. The molecule has 1 heterocycles. The van der Waals surface area contributed by atoms with Gasteiger partial charge in [-0.2, -0.15) is 0 Å². The van der Waals surface area contributed by atoms with Crippen molar-refractivity contribution in [3.63, 3.8) is 0 Å². The number of hydrogen-bond donors (Lipinski definition) is 0. The molecule has 0 radical (unpaired) electrons. The van der Waals surface area contributed by atoms with E-state index in [1.807, 2.05) is 41.3 Å². The minimum absolute atomic E-state index is 0.0698. The maximum absolute atomic E-state index is 11.9. The second kappa shape index (κ2) is 4.02. The molecule has 0 unspecified atom stereocenters. The summed E-state index contributed by atoms with van der Waals surface area (Å²) in [7, 11) is 0. The molecule has 0 aromatic heterocycles. The topological polar surface area (TPSA) is 20.3 Å². The van der Waals surface area contributed by atoms with Gasteiger partial charge in [-0.25, -0.2) is 0 Å². The average molecular weight is 288 g/mol. The first-order chi connectivity index (χ1) is 8.27. The summed E-state index contributed by atoms with van der Waals surface area (Å²) in [6.45, 7) is 1.62. The van der Waals surface area contributed by atoms with E-state index in [0.29, 0.717) is 15.0 Å². The average Bonchev–Trinajstić information content (AvgIpc) is 2.35. The van der Waals surface area contributed by atoms with Gasteiger partial charge >= 0.3 is 106 Å². The van der Waals surface area contributed by atoms with Gasteiger partial charge in [-0.05, 0) is 0 Å². The molecule has 2 aromatic carbocycles. The van der Waals surface area contributed by atoms with Gasteiger partial charge in [-0.15, -0.1) is 0 Å². The summed E-state index contributed by atoms with van der Waals surface area (Å²) in [5.74, 6) is 0.0698. The third-order valence-corrected chi connectivity index (χ3v) is 5.12. The van der Waals surface area contributed by atoms with Crippen LogP contribution in [-0.4, -0.2) is 20.9 Å². The molecule has 3 heteroatoms. The molecule has 0 saturated heterocycles. The molecule has 84 valence electrons. The van der Waals surface area contributed by atoms with E-state index in [2.05, 4.69) is 12.1 Å². The van der Waals surface area contributed by atoms with E-state index < -0.39 is 0 Å². The van der Waals surface area contributed by atoms with Gasteiger partial charge in [0.25, 0.3) is 0 Å². The van der Waals surface area contributed by atoms with Crippen LogP contribution in [0.4, 0.5) is 11.4 Å². The van der Waals surface area contributed by atoms with Gasteiger partial charge < -0.3 is 0 Å². The van der Waals surface area contributed by atoms with Crippen LogP contribution in [0.5, 0.6) is 0 Å². The first kappa shape index (κ1) is 10.6. The second-order valence-electron chi connectivity index (χ2n) is 3.89. The van der Waals surface area contributed by atoms with E-state index >= 15 is 0 Å². The Morgan fingerprint density at radius 1 is 0.941 bits per heavy atom. The summed E-state index contributed by atoms with van der Waals surface area (Å²) in [6, 6.07) is 16.3. The molecule has 0 N–H and O–H groups in total. The van der Waals surface area contributed by atoms with E-state index in [4.69, 9.17) is 0 Å². The molecule has 1 amide bonds. The molecule has 2 aromatic rings. The molecular formula is C14H11NOSe. The van der Waals surface area contributed by atoms with Gasteiger partial charge in [-0.1, -0.05) is 0 Å². The van der Waals surface area contributed by atoms with Crippen LogP contribution in [0.2, 0.25) is 0 Å². The quantitative estimate of drug-likeness (QED) is 0.670. The number of benzene rings is 2. The van der Waals surface area contributed by atoms with E-state index in [-0.39, 0.29) is 5.91 Å². The predicted molar refractivity (Wildman–Crippen MR) is 70.7 cm³/mol. The second-order valence-corrected chi connectivity index (χ2v) is 6.17. The van der Waals surface area contributed by atoms with Crippen molar-refractivity contribution in [3.05, 3.63) is 48.5 Å². The normalized spacial score (nSPS) is 12.9. The SMILES string of the molecule is CC(=O)N1c2ccccc2[Se]c2ccccc21. The van der Waals surface area contributed by atoms with Crippen molar-refractivity contribution >= 4 is 41.2 Å². The van der Waals surface area contributed by atoms with E-state index in [0.717, 1.165) is 11.4 Å². The third-order valence-electron chi connectivity index (χ3n) is 2.75. The van der Waals surface area contributed by atoms with Crippen LogP contribution in [-0.2, 0) is 4.79 Å². The summed E-state index contributed by atoms with van der Waals surface area (Å²) < 4.78 is 2.54. The Bertz CT molecular complexity index is 549. The predicted octanol–water partition coefficient (Wildman–Crippen LogP) is 1.34. The van der Waals surface area contributed by atoms with Crippen molar-refractivity contribution < 1.29 is 4.79 Å². The Labute approximate surface area is 106 Å². The van der Waals surface area contributed by atoms with Crippen molar-refractivity contribution in [1.82, 2.24) is 0 Å². The van der Waals surface area contributed by atoms with Gasteiger partial charge in [-0.3, -0.25) is 0 Å². The fourth-order valence-electron chi connectivity index (χ4n) is 2.04. The summed E-state index contributed by atoms with van der Waals surface area (Å²) in [4.78, 5) is 13.7. The Morgan fingerprint density at radius 2 is 1.41 bits per heavy atom. The number of carbonyl (C=O) groups excluding carboxylic acids is 1. The van der Waals surface area contributed by atoms with Gasteiger partial charge in [0, 0.05) is 0 Å². The van der Waals surface area contributed by atoms with Crippen molar-refractivity contribution in [1.29, 1.82) is 0 Å². The van der Waals surface area contributed by atoms with Gasteiger partial charge in [0.2, 0.25) is 0 Å². The molecule has 1 aliphatic rings. The zero-order valence-corrected chi connectivity index (χ0v) is 11.1. The number of rotatable bonds is 0. The number of nitrogens with zero attached hydrogens (tertiary/aromatic N) is 1. The first-order valence-corrected chi connectivity index (χ1v) is 7.15. The fraction of sp³-hybridized carbons (Fsp3) is 0.0714. The van der Waals surface area contributed by atoms with E-state index in [1.165, 1.54) is 8.92 Å². The zero-order chi connectivity index (χ0) is 11.8. The standard InChI is InChI=1S/C14H11NOSe/c1-10(16)15-11-6-2-4-8-13(11)17-14-9-5-3-7-12(14)15/h2-9H,1H3. The Hall–Kier alpha value is -1.57. The zero-order valence-electron chi connectivity index (χ0n) is 9.38. The van der Waals surface area contributed by atoms with Crippen LogP contribution < -0.4 is 13.8 Å². The summed E-state index contributed by atoms with van der Waals surface area (Å²) in [5.41, 5.74) is 2.08. The van der Waals surface area contributed by atoms with Crippen molar-refractivity contribution in [3.8, 4) is 0 Å². The molecule has 0 spiro atoms. The van der Waals surface area contributed by atoms with Crippen LogP contribution in [0.25, 0.3) is 0 Å². The number of hydrogen-bond acceptors (Lipinski definition) is 1. The Morgan fingerprint density at radius 3 is 1.88 bits per heavy atom. The number of carbonyl (C=O) groups is 1. The first-order valence-electron chi connectivity index (χ1n) is 5.44. The summed E-state index contributed by atoms with van der Waals surface area (Å²) >= 11 is 0.291. The summed E-state index contributed by atoms with van der Waals surface area (Å²) in [5, 5.41) is 0. The molecule has 1 aliphatic heterocycles.